The summed E-state index contributed by atoms with van der Waals surface area (Å²) in [6.07, 6.45) is 1.18. The van der Waals surface area contributed by atoms with Gasteiger partial charge in [0.15, 0.2) is 9.84 Å². The summed E-state index contributed by atoms with van der Waals surface area (Å²) < 4.78 is 26.9. The van der Waals surface area contributed by atoms with Crippen molar-refractivity contribution in [1.82, 2.24) is 0 Å². The Hall–Kier alpha value is -0.420. The lowest BCUT2D eigenvalue weighted by Crippen LogP contribution is -2.51. The van der Waals surface area contributed by atoms with Gasteiger partial charge in [0.1, 0.15) is 6.29 Å². The molecule has 1 saturated heterocycles. The molecule has 0 bridgehead atoms. The molecule has 0 radical (unpaired) electrons. The Labute approximate surface area is 78.2 Å². The van der Waals surface area contributed by atoms with Crippen LogP contribution in [0, 0.1) is 5.41 Å². The predicted octanol–water partition coefficient (Wildman–Crippen LogP) is 0.0251. The highest BCUT2D eigenvalue weighted by atomic mass is 32.2. The lowest BCUT2D eigenvalue weighted by molar-refractivity contribution is -0.116. The fraction of sp³-hybridized carbons (Fsp3) is 0.875. The van der Waals surface area contributed by atoms with Gasteiger partial charge in [0.2, 0.25) is 0 Å². The zero-order chi connectivity index (χ0) is 10.1. The maximum absolute atomic E-state index is 10.9. The number of aldehydes is 1. The molecule has 1 aliphatic heterocycles. The van der Waals surface area contributed by atoms with Crippen LogP contribution in [-0.4, -0.2) is 39.4 Å². The number of hydrogen-bond acceptors (Lipinski definition) is 4. The number of hydrogen-bond donors (Lipinski definition) is 0. The summed E-state index contributed by atoms with van der Waals surface area (Å²) in [5.74, 6) is -0.0333. The number of carbonyl (C=O) groups is 1. The molecule has 1 unspecified atom stereocenters. The lowest BCUT2D eigenvalue weighted by Gasteiger charge is -2.37. The molecule has 1 aliphatic rings. The van der Waals surface area contributed by atoms with Crippen molar-refractivity contribution in [1.29, 1.82) is 0 Å². The van der Waals surface area contributed by atoms with Crippen molar-refractivity contribution >= 4 is 16.1 Å². The Balaban J connectivity index is 2.60. The summed E-state index contributed by atoms with van der Waals surface area (Å²) in [5.41, 5.74) is -0.672. The smallest absolute Gasteiger partial charge is 0.152 e. The maximum atomic E-state index is 10.9. The van der Waals surface area contributed by atoms with E-state index < -0.39 is 15.3 Å². The third-order valence-electron chi connectivity index (χ3n) is 2.36. The van der Waals surface area contributed by atoms with E-state index in [2.05, 4.69) is 0 Å². The van der Waals surface area contributed by atoms with Gasteiger partial charge in [-0.25, -0.2) is 8.42 Å². The molecule has 0 aromatic carbocycles. The molecular weight excluding hydrogens is 192 g/mol. The predicted molar refractivity (Wildman–Crippen MR) is 48.2 cm³/mol. The second kappa shape index (κ2) is 3.38. The van der Waals surface area contributed by atoms with Crippen LogP contribution < -0.4 is 0 Å². The van der Waals surface area contributed by atoms with Gasteiger partial charge < -0.3 is 9.53 Å². The van der Waals surface area contributed by atoms with E-state index in [-0.39, 0.29) is 17.6 Å². The van der Waals surface area contributed by atoms with Gasteiger partial charge in [-0.2, -0.15) is 0 Å². The highest BCUT2D eigenvalue weighted by molar-refractivity contribution is 7.93. The number of rotatable bonds is 4. The lowest BCUT2D eigenvalue weighted by atomic mass is 9.87. The van der Waals surface area contributed by atoms with Crippen LogP contribution in [0.1, 0.15) is 13.3 Å². The average molecular weight is 206 g/mol. The largest absolute Gasteiger partial charge is 0.382 e. The third kappa shape index (κ3) is 2.28. The number of sulfone groups is 1. The van der Waals surface area contributed by atoms with Gasteiger partial charge in [-0.15, -0.1) is 0 Å². The Kier molecular flexibility index (Phi) is 2.77. The number of ether oxygens (including phenoxy) is 1. The molecule has 1 fully saturated rings. The Morgan fingerprint density at radius 3 is 2.38 bits per heavy atom. The first-order valence-corrected chi connectivity index (χ1v) is 5.95. The highest BCUT2D eigenvalue weighted by Gasteiger charge is 2.49. The minimum absolute atomic E-state index is 0.0167. The first-order chi connectivity index (χ1) is 5.93. The van der Waals surface area contributed by atoms with E-state index >= 15 is 0 Å². The van der Waals surface area contributed by atoms with Gasteiger partial charge in [-0.1, -0.05) is 0 Å². The zero-order valence-electron chi connectivity index (χ0n) is 7.82. The summed E-state index contributed by atoms with van der Waals surface area (Å²) in [4.78, 5) is 10.7. The molecule has 0 spiro atoms. The monoisotopic (exact) mass is 206 g/mol. The van der Waals surface area contributed by atoms with Crippen molar-refractivity contribution < 1.29 is 17.9 Å². The van der Waals surface area contributed by atoms with Gasteiger partial charge >= 0.3 is 0 Å². The van der Waals surface area contributed by atoms with E-state index in [1.165, 1.54) is 0 Å². The van der Waals surface area contributed by atoms with Crippen LogP contribution in [0.2, 0.25) is 0 Å². The highest BCUT2D eigenvalue weighted by Crippen LogP contribution is 2.35. The first kappa shape index (κ1) is 10.7. The molecule has 5 heteroatoms. The van der Waals surface area contributed by atoms with Gasteiger partial charge in [0.05, 0.1) is 23.0 Å². The van der Waals surface area contributed by atoms with Crippen molar-refractivity contribution in [3.63, 3.8) is 0 Å². The van der Waals surface area contributed by atoms with E-state index in [0.717, 1.165) is 6.29 Å². The van der Waals surface area contributed by atoms with Crippen LogP contribution in [0.15, 0.2) is 0 Å². The standard InChI is InChI=1S/C8H14O4S/c1-7(12-2)3-8(4-9)5-13(10,11)6-8/h4,7H,3,5-6H2,1-2H3. The quantitative estimate of drug-likeness (QED) is 0.609. The molecule has 0 N–H and O–H groups in total. The van der Waals surface area contributed by atoms with Crippen LogP contribution in [0.25, 0.3) is 0 Å². The fourth-order valence-electron chi connectivity index (χ4n) is 1.72. The fourth-order valence-corrected chi connectivity index (χ4v) is 3.76. The van der Waals surface area contributed by atoms with E-state index in [1.807, 2.05) is 6.92 Å². The molecule has 0 aromatic rings. The number of carbonyl (C=O) groups excluding carboxylic acids is 1. The Bertz CT molecular complexity index is 281. The molecule has 13 heavy (non-hydrogen) atoms. The SMILES string of the molecule is COC(C)CC1(C=O)CS(=O)(=O)C1. The summed E-state index contributed by atoms with van der Waals surface area (Å²) in [5, 5.41) is 0. The first-order valence-electron chi connectivity index (χ1n) is 4.13. The van der Waals surface area contributed by atoms with Gasteiger partial charge in [-0.05, 0) is 13.3 Å². The molecular formula is C8H14O4S. The van der Waals surface area contributed by atoms with Crippen molar-refractivity contribution in [3.05, 3.63) is 0 Å². The third-order valence-corrected chi connectivity index (χ3v) is 4.39. The van der Waals surface area contributed by atoms with Crippen molar-refractivity contribution in [2.24, 2.45) is 5.41 Å². The molecule has 0 saturated carbocycles. The molecule has 1 rings (SSSR count). The summed E-state index contributed by atoms with van der Waals surface area (Å²) in [6, 6.07) is 0. The van der Waals surface area contributed by atoms with Crippen molar-refractivity contribution in [2.75, 3.05) is 18.6 Å². The Morgan fingerprint density at radius 2 is 2.08 bits per heavy atom. The topological polar surface area (TPSA) is 60.4 Å². The van der Waals surface area contributed by atoms with E-state index in [9.17, 15) is 13.2 Å². The second-order valence-corrected chi connectivity index (χ2v) is 5.83. The van der Waals surface area contributed by atoms with Crippen LogP contribution in [-0.2, 0) is 19.4 Å². The molecule has 1 heterocycles. The summed E-state index contributed by atoms with van der Waals surface area (Å²) >= 11 is 0. The van der Waals surface area contributed by atoms with Gasteiger partial charge in [0, 0.05) is 7.11 Å². The van der Waals surface area contributed by atoms with Gasteiger partial charge in [0.25, 0.3) is 0 Å². The maximum Gasteiger partial charge on any atom is 0.152 e. The number of methoxy groups -OCH3 is 1. The van der Waals surface area contributed by atoms with Crippen LogP contribution >= 0.6 is 0 Å². The second-order valence-electron chi connectivity index (χ2n) is 3.76. The van der Waals surface area contributed by atoms with Crippen molar-refractivity contribution in [2.45, 2.75) is 19.4 Å². The minimum atomic E-state index is -2.94. The summed E-state index contributed by atoms with van der Waals surface area (Å²) in [7, 11) is -1.39. The van der Waals surface area contributed by atoms with E-state index in [1.54, 1.807) is 7.11 Å². The van der Waals surface area contributed by atoms with E-state index in [4.69, 9.17) is 4.74 Å². The summed E-state index contributed by atoms with van der Waals surface area (Å²) in [6.45, 7) is 1.83. The molecule has 76 valence electrons. The minimum Gasteiger partial charge on any atom is -0.382 e. The Morgan fingerprint density at radius 1 is 1.54 bits per heavy atom. The molecule has 0 amide bonds. The van der Waals surface area contributed by atoms with Crippen LogP contribution in [0.4, 0.5) is 0 Å². The zero-order valence-corrected chi connectivity index (χ0v) is 8.63. The normalized spacial score (nSPS) is 26.0. The molecule has 0 aromatic heterocycles. The van der Waals surface area contributed by atoms with Crippen LogP contribution in [0.3, 0.4) is 0 Å². The van der Waals surface area contributed by atoms with E-state index in [0.29, 0.717) is 6.42 Å². The van der Waals surface area contributed by atoms with Crippen LogP contribution in [0.5, 0.6) is 0 Å². The van der Waals surface area contributed by atoms with Crippen molar-refractivity contribution in [3.8, 4) is 0 Å². The molecule has 4 nitrogen and oxygen atoms in total. The van der Waals surface area contributed by atoms with Gasteiger partial charge in [-0.3, -0.25) is 0 Å². The average Bonchev–Trinajstić information content (AvgIpc) is 2.00. The molecule has 0 aliphatic carbocycles. The molecule has 1 atom stereocenters.